The largest absolute Gasteiger partial charge is 0.314 e. The van der Waals surface area contributed by atoms with Crippen LogP contribution < -0.4 is 10.6 Å². The van der Waals surface area contributed by atoms with Gasteiger partial charge in [-0.1, -0.05) is 13.8 Å². The van der Waals surface area contributed by atoms with Crippen molar-refractivity contribution >= 4 is 0 Å². The van der Waals surface area contributed by atoms with E-state index < -0.39 is 0 Å². The van der Waals surface area contributed by atoms with Crippen LogP contribution in [0.5, 0.6) is 0 Å². The van der Waals surface area contributed by atoms with E-state index in [-0.39, 0.29) is 0 Å². The zero-order valence-electron chi connectivity index (χ0n) is 7.91. The molecule has 0 aliphatic carbocycles. The van der Waals surface area contributed by atoms with Crippen LogP contribution in [0.2, 0.25) is 0 Å². The first-order valence-corrected chi connectivity index (χ1v) is 4.68. The van der Waals surface area contributed by atoms with Crippen LogP contribution >= 0.6 is 0 Å². The summed E-state index contributed by atoms with van der Waals surface area (Å²) in [5.41, 5.74) is 0.368. The Balaban J connectivity index is 2.29. The number of hydrogen-bond donors (Lipinski definition) is 2. The molecule has 2 N–H and O–H groups in total. The van der Waals surface area contributed by atoms with E-state index in [9.17, 15) is 0 Å². The predicted octanol–water partition coefficient (Wildman–Crippen LogP) is 1.13. The van der Waals surface area contributed by atoms with Gasteiger partial charge in [0.2, 0.25) is 0 Å². The Bertz CT molecular complexity index is 115. The Morgan fingerprint density at radius 3 is 2.18 bits per heavy atom. The molecule has 0 aromatic rings. The smallest absolute Gasteiger partial charge is 0.0322 e. The molecule has 0 bridgehead atoms. The SMILES string of the molecule is CCC(C)(CC)NC1CNC1. The third-order valence-electron chi connectivity index (χ3n) is 2.89. The van der Waals surface area contributed by atoms with Crippen LogP contribution in [-0.4, -0.2) is 24.7 Å². The van der Waals surface area contributed by atoms with Gasteiger partial charge in [0.25, 0.3) is 0 Å². The molecule has 0 atom stereocenters. The molecular weight excluding hydrogens is 136 g/mol. The van der Waals surface area contributed by atoms with E-state index in [2.05, 4.69) is 31.4 Å². The lowest BCUT2D eigenvalue weighted by Gasteiger charge is -2.38. The Hall–Kier alpha value is -0.0800. The maximum absolute atomic E-state index is 3.67. The van der Waals surface area contributed by atoms with Crippen LogP contribution in [0.4, 0.5) is 0 Å². The molecule has 0 aromatic heterocycles. The summed E-state index contributed by atoms with van der Waals surface area (Å²) in [6.07, 6.45) is 2.44. The summed E-state index contributed by atoms with van der Waals surface area (Å²) in [5.74, 6) is 0. The molecule has 0 radical (unpaired) electrons. The Labute approximate surface area is 69.8 Å². The summed E-state index contributed by atoms with van der Waals surface area (Å²) < 4.78 is 0. The monoisotopic (exact) mass is 156 g/mol. The van der Waals surface area contributed by atoms with Crippen LogP contribution in [0.1, 0.15) is 33.6 Å². The summed E-state index contributed by atoms with van der Waals surface area (Å²) in [6, 6.07) is 0.722. The molecule has 0 amide bonds. The van der Waals surface area contributed by atoms with Crippen molar-refractivity contribution in [3.8, 4) is 0 Å². The normalized spacial score (nSPS) is 19.9. The van der Waals surface area contributed by atoms with Gasteiger partial charge in [0.15, 0.2) is 0 Å². The zero-order chi connectivity index (χ0) is 8.32. The third kappa shape index (κ3) is 2.17. The quantitative estimate of drug-likeness (QED) is 0.637. The molecule has 0 unspecified atom stereocenters. The second-order valence-electron chi connectivity index (χ2n) is 3.77. The van der Waals surface area contributed by atoms with Crippen molar-refractivity contribution in [3.63, 3.8) is 0 Å². The first kappa shape index (κ1) is 9.01. The summed E-state index contributed by atoms with van der Waals surface area (Å²) in [4.78, 5) is 0. The van der Waals surface area contributed by atoms with Gasteiger partial charge < -0.3 is 10.6 Å². The lowest BCUT2D eigenvalue weighted by molar-refractivity contribution is 0.242. The van der Waals surface area contributed by atoms with Gasteiger partial charge in [-0.05, 0) is 19.8 Å². The third-order valence-corrected chi connectivity index (χ3v) is 2.89. The van der Waals surface area contributed by atoms with Crippen LogP contribution in [-0.2, 0) is 0 Å². The van der Waals surface area contributed by atoms with Crippen molar-refractivity contribution in [2.24, 2.45) is 0 Å². The minimum Gasteiger partial charge on any atom is -0.314 e. The summed E-state index contributed by atoms with van der Waals surface area (Å²) in [6.45, 7) is 9.11. The number of nitrogens with one attached hydrogen (secondary N) is 2. The van der Waals surface area contributed by atoms with Crippen molar-refractivity contribution in [1.29, 1.82) is 0 Å². The highest BCUT2D eigenvalue weighted by Gasteiger charge is 2.26. The Morgan fingerprint density at radius 1 is 1.36 bits per heavy atom. The highest BCUT2D eigenvalue weighted by atomic mass is 15.1. The van der Waals surface area contributed by atoms with E-state index in [0.717, 1.165) is 19.1 Å². The highest BCUT2D eigenvalue weighted by molar-refractivity contribution is 4.90. The molecule has 1 fully saturated rings. The maximum Gasteiger partial charge on any atom is 0.0322 e. The van der Waals surface area contributed by atoms with E-state index in [1.807, 2.05) is 0 Å². The van der Waals surface area contributed by atoms with Gasteiger partial charge in [-0.25, -0.2) is 0 Å². The first-order chi connectivity index (χ1) is 5.20. The summed E-state index contributed by atoms with van der Waals surface area (Å²) in [7, 11) is 0. The molecule has 0 aromatic carbocycles. The fraction of sp³-hybridized carbons (Fsp3) is 1.00. The fourth-order valence-electron chi connectivity index (χ4n) is 1.34. The molecule has 2 nitrogen and oxygen atoms in total. The average molecular weight is 156 g/mol. The summed E-state index contributed by atoms with van der Waals surface area (Å²) >= 11 is 0. The number of rotatable bonds is 4. The second-order valence-corrected chi connectivity index (χ2v) is 3.77. The van der Waals surface area contributed by atoms with Gasteiger partial charge in [-0.15, -0.1) is 0 Å². The molecule has 1 heterocycles. The van der Waals surface area contributed by atoms with Gasteiger partial charge in [0.05, 0.1) is 0 Å². The van der Waals surface area contributed by atoms with Crippen LogP contribution in [0.15, 0.2) is 0 Å². The molecule has 0 spiro atoms. The minimum absolute atomic E-state index is 0.368. The first-order valence-electron chi connectivity index (χ1n) is 4.68. The van der Waals surface area contributed by atoms with E-state index in [1.165, 1.54) is 12.8 Å². The maximum atomic E-state index is 3.67. The highest BCUT2D eigenvalue weighted by Crippen LogP contribution is 2.15. The minimum atomic E-state index is 0.368. The molecule has 2 heteroatoms. The van der Waals surface area contributed by atoms with Gasteiger partial charge in [0, 0.05) is 24.7 Å². The van der Waals surface area contributed by atoms with Crippen LogP contribution in [0, 0.1) is 0 Å². The van der Waals surface area contributed by atoms with Crippen molar-refractivity contribution in [2.45, 2.75) is 45.2 Å². The van der Waals surface area contributed by atoms with Crippen LogP contribution in [0.3, 0.4) is 0 Å². The number of hydrogen-bond acceptors (Lipinski definition) is 2. The van der Waals surface area contributed by atoms with Gasteiger partial charge in [-0.2, -0.15) is 0 Å². The standard InChI is InChI=1S/C9H20N2/c1-4-9(3,5-2)11-8-6-10-7-8/h8,10-11H,4-7H2,1-3H3. The van der Waals surface area contributed by atoms with E-state index in [0.29, 0.717) is 5.54 Å². The molecular formula is C9H20N2. The molecule has 1 saturated heterocycles. The Morgan fingerprint density at radius 2 is 1.91 bits per heavy atom. The van der Waals surface area contributed by atoms with Gasteiger partial charge in [-0.3, -0.25) is 0 Å². The van der Waals surface area contributed by atoms with Gasteiger partial charge >= 0.3 is 0 Å². The molecule has 1 rings (SSSR count). The molecule has 1 aliphatic heterocycles. The van der Waals surface area contributed by atoms with Crippen LogP contribution in [0.25, 0.3) is 0 Å². The van der Waals surface area contributed by atoms with Crippen molar-refractivity contribution in [1.82, 2.24) is 10.6 Å². The average Bonchev–Trinajstić information content (AvgIpc) is 1.97. The molecule has 11 heavy (non-hydrogen) atoms. The molecule has 66 valence electrons. The van der Waals surface area contributed by atoms with Gasteiger partial charge in [0.1, 0.15) is 0 Å². The van der Waals surface area contributed by atoms with E-state index in [4.69, 9.17) is 0 Å². The predicted molar refractivity (Wildman–Crippen MR) is 48.8 cm³/mol. The topological polar surface area (TPSA) is 24.1 Å². The van der Waals surface area contributed by atoms with E-state index in [1.54, 1.807) is 0 Å². The molecule has 0 saturated carbocycles. The van der Waals surface area contributed by atoms with Crippen molar-refractivity contribution in [3.05, 3.63) is 0 Å². The van der Waals surface area contributed by atoms with Crippen molar-refractivity contribution < 1.29 is 0 Å². The lowest BCUT2D eigenvalue weighted by atomic mass is 9.93. The van der Waals surface area contributed by atoms with Crippen molar-refractivity contribution in [2.75, 3.05) is 13.1 Å². The fourth-order valence-corrected chi connectivity index (χ4v) is 1.34. The molecule has 1 aliphatic rings. The Kier molecular flexibility index (Phi) is 2.90. The zero-order valence-corrected chi connectivity index (χ0v) is 7.91. The second kappa shape index (κ2) is 3.55. The lowest BCUT2D eigenvalue weighted by Crippen LogP contribution is -2.61. The summed E-state index contributed by atoms with van der Waals surface area (Å²) in [5, 5.41) is 6.94. The van der Waals surface area contributed by atoms with E-state index >= 15 is 0 Å².